The number of aromatic nitrogens is 1. The van der Waals surface area contributed by atoms with E-state index in [0.29, 0.717) is 0 Å². The quantitative estimate of drug-likeness (QED) is 0.410. The van der Waals surface area contributed by atoms with Gasteiger partial charge in [-0.3, -0.25) is 4.99 Å². The van der Waals surface area contributed by atoms with Crippen molar-refractivity contribution in [1.82, 2.24) is 15.6 Å². The maximum atomic E-state index is 5.69. The van der Waals surface area contributed by atoms with E-state index in [2.05, 4.69) is 44.9 Å². The van der Waals surface area contributed by atoms with E-state index in [1.54, 1.807) is 18.4 Å². The Morgan fingerprint density at radius 3 is 2.64 bits per heavy atom. The molecule has 6 heteroatoms. The smallest absolute Gasteiger partial charge is 0.191 e. The Morgan fingerprint density at radius 2 is 1.96 bits per heavy atom. The summed E-state index contributed by atoms with van der Waals surface area (Å²) < 4.78 is 5.69. The molecular formula is C19H28N4OS. The number of hydrogen-bond acceptors (Lipinski definition) is 4. The molecule has 0 atom stereocenters. The predicted molar refractivity (Wildman–Crippen MR) is 105 cm³/mol. The van der Waals surface area contributed by atoms with Crippen molar-refractivity contribution in [2.45, 2.75) is 33.2 Å². The van der Waals surface area contributed by atoms with Crippen LogP contribution < -0.4 is 10.6 Å². The molecule has 0 radical (unpaired) electrons. The van der Waals surface area contributed by atoms with E-state index < -0.39 is 0 Å². The zero-order valence-corrected chi connectivity index (χ0v) is 16.2. The van der Waals surface area contributed by atoms with Gasteiger partial charge in [0.1, 0.15) is 0 Å². The minimum absolute atomic E-state index is 0.754. The Bertz CT molecular complexity index is 655. The molecular weight excluding hydrogens is 332 g/mol. The first-order valence-electron chi connectivity index (χ1n) is 8.68. The lowest BCUT2D eigenvalue weighted by atomic mass is 10.2. The topological polar surface area (TPSA) is 58.5 Å². The number of benzene rings is 1. The van der Waals surface area contributed by atoms with Gasteiger partial charge in [0, 0.05) is 25.1 Å². The predicted octanol–water partition coefficient (Wildman–Crippen LogP) is 3.07. The molecule has 0 aliphatic heterocycles. The maximum Gasteiger partial charge on any atom is 0.191 e. The van der Waals surface area contributed by atoms with Crippen LogP contribution >= 0.6 is 11.3 Å². The monoisotopic (exact) mass is 360 g/mol. The van der Waals surface area contributed by atoms with Crippen LogP contribution in [0, 0.1) is 13.8 Å². The van der Waals surface area contributed by atoms with Crippen LogP contribution in [-0.4, -0.2) is 37.7 Å². The van der Waals surface area contributed by atoms with E-state index in [4.69, 9.17) is 4.74 Å². The lowest BCUT2D eigenvalue weighted by Crippen LogP contribution is -2.37. The van der Waals surface area contributed by atoms with Gasteiger partial charge in [-0.25, -0.2) is 4.98 Å². The summed E-state index contributed by atoms with van der Waals surface area (Å²) in [5.41, 5.74) is 2.41. The summed E-state index contributed by atoms with van der Waals surface area (Å²) in [4.78, 5) is 9.95. The number of aliphatic imine (C=N–C) groups is 1. The van der Waals surface area contributed by atoms with Gasteiger partial charge in [-0.1, -0.05) is 30.3 Å². The highest BCUT2D eigenvalue weighted by Gasteiger charge is 2.05. The fourth-order valence-electron chi connectivity index (χ4n) is 2.44. The van der Waals surface area contributed by atoms with Gasteiger partial charge in [0.15, 0.2) is 5.96 Å². The van der Waals surface area contributed by atoms with Crippen LogP contribution in [0.3, 0.4) is 0 Å². The lowest BCUT2D eigenvalue weighted by molar-refractivity contribution is 0.135. The van der Waals surface area contributed by atoms with Crippen LogP contribution in [0.4, 0.5) is 0 Å². The van der Waals surface area contributed by atoms with Crippen molar-refractivity contribution in [3.8, 4) is 0 Å². The normalized spacial score (nSPS) is 11.6. The van der Waals surface area contributed by atoms with Crippen LogP contribution in [0.25, 0.3) is 0 Å². The van der Waals surface area contributed by atoms with E-state index in [-0.39, 0.29) is 0 Å². The van der Waals surface area contributed by atoms with Gasteiger partial charge in [0.05, 0.1) is 23.9 Å². The van der Waals surface area contributed by atoms with Gasteiger partial charge in [-0.15, -0.1) is 11.3 Å². The Balaban J connectivity index is 1.54. The average molecular weight is 361 g/mol. The van der Waals surface area contributed by atoms with Crippen molar-refractivity contribution in [2.75, 3.05) is 26.8 Å². The summed E-state index contributed by atoms with van der Waals surface area (Å²) in [5.74, 6) is 0.815. The summed E-state index contributed by atoms with van der Waals surface area (Å²) in [7, 11) is 1.79. The van der Waals surface area contributed by atoms with Crippen molar-refractivity contribution in [3.63, 3.8) is 0 Å². The summed E-state index contributed by atoms with van der Waals surface area (Å²) in [6.07, 6.45) is 1.92. The third-order valence-corrected chi connectivity index (χ3v) is 4.85. The molecule has 2 N–H and O–H groups in total. The molecule has 0 amide bonds. The Labute approximate surface area is 154 Å². The van der Waals surface area contributed by atoms with E-state index >= 15 is 0 Å². The molecule has 5 nitrogen and oxygen atoms in total. The fourth-order valence-corrected chi connectivity index (χ4v) is 3.32. The molecule has 0 saturated heterocycles. The summed E-state index contributed by atoms with van der Waals surface area (Å²) >= 11 is 1.73. The summed E-state index contributed by atoms with van der Waals surface area (Å²) in [6, 6.07) is 10.4. The van der Waals surface area contributed by atoms with Gasteiger partial charge in [0.25, 0.3) is 0 Å². The lowest BCUT2D eigenvalue weighted by Gasteiger charge is -2.11. The first-order valence-corrected chi connectivity index (χ1v) is 9.50. The third-order valence-electron chi connectivity index (χ3n) is 3.78. The summed E-state index contributed by atoms with van der Waals surface area (Å²) in [5, 5.41) is 7.75. The highest BCUT2D eigenvalue weighted by Crippen LogP contribution is 2.16. The number of ether oxygens (including phenoxy) is 1. The molecule has 0 fully saturated rings. The first kappa shape index (κ1) is 19.4. The molecule has 0 bridgehead atoms. The first-order chi connectivity index (χ1) is 12.2. The molecule has 0 unspecified atom stereocenters. The zero-order valence-electron chi connectivity index (χ0n) is 15.3. The summed E-state index contributed by atoms with van der Waals surface area (Å²) in [6.45, 7) is 7.19. The molecule has 136 valence electrons. The van der Waals surface area contributed by atoms with Gasteiger partial charge in [0.2, 0.25) is 0 Å². The Hall–Kier alpha value is -1.92. The van der Waals surface area contributed by atoms with E-state index in [0.717, 1.165) is 55.8 Å². The van der Waals surface area contributed by atoms with E-state index in [1.807, 2.05) is 19.9 Å². The second-order valence-electron chi connectivity index (χ2n) is 5.80. The van der Waals surface area contributed by atoms with Crippen molar-refractivity contribution in [3.05, 3.63) is 51.5 Å². The number of thiazole rings is 1. The number of guanidine groups is 1. The second kappa shape index (κ2) is 10.8. The van der Waals surface area contributed by atoms with E-state index in [1.165, 1.54) is 10.4 Å². The molecule has 0 saturated carbocycles. The molecule has 2 aromatic rings. The van der Waals surface area contributed by atoms with Crippen LogP contribution in [0.5, 0.6) is 0 Å². The number of nitrogens with one attached hydrogen (secondary N) is 2. The van der Waals surface area contributed by atoms with Crippen LogP contribution in [0.1, 0.15) is 27.6 Å². The van der Waals surface area contributed by atoms with Gasteiger partial charge in [-0.2, -0.15) is 0 Å². The third kappa shape index (κ3) is 7.23. The van der Waals surface area contributed by atoms with Crippen molar-refractivity contribution in [1.29, 1.82) is 0 Å². The van der Waals surface area contributed by atoms with Crippen LogP contribution in [0.15, 0.2) is 35.3 Å². The zero-order chi connectivity index (χ0) is 17.9. The number of rotatable bonds is 9. The molecule has 0 aliphatic carbocycles. The standard InChI is InChI=1S/C19H28N4OS/c1-15-18(25-16(2)23-15)14-22-19(20-3)21-11-7-12-24-13-10-17-8-5-4-6-9-17/h4-6,8-9H,7,10-14H2,1-3H3,(H2,20,21,22). The molecule has 0 spiro atoms. The molecule has 2 rings (SSSR count). The number of hydrogen-bond donors (Lipinski definition) is 2. The molecule has 1 heterocycles. The van der Waals surface area contributed by atoms with Crippen LogP contribution in [-0.2, 0) is 17.7 Å². The van der Waals surface area contributed by atoms with Crippen molar-refractivity contribution >= 4 is 17.3 Å². The largest absolute Gasteiger partial charge is 0.381 e. The highest BCUT2D eigenvalue weighted by molar-refractivity contribution is 7.11. The molecule has 1 aromatic heterocycles. The van der Waals surface area contributed by atoms with Gasteiger partial charge >= 0.3 is 0 Å². The van der Waals surface area contributed by atoms with Crippen molar-refractivity contribution in [2.24, 2.45) is 4.99 Å². The molecule has 0 aliphatic rings. The molecule has 1 aromatic carbocycles. The molecule has 25 heavy (non-hydrogen) atoms. The van der Waals surface area contributed by atoms with E-state index in [9.17, 15) is 0 Å². The fraction of sp³-hybridized carbons (Fsp3) is 0.474. The van der Waals surface area contributed by atoms with Gasteiger partial charge in [-0.05, 0) is 32.3 Å². The maximum absolute atomic E-state index is 5.69. The average Bonchev–Trinajstić information content (AvgIpc) is 2.95. The number of aryl methyl sites for hydroxylation is 2. The minimum Gasteiger partial charge on any atom is -0.381 e. The van der Waals surface area contributed by atoms with Crippen molar-refractivity contribution < 1.29 is 4.74 Å². The van der Waals surface area contributed by atoms with Gasteiger partial charge < -0.3 is 15.4 Å². The Morgan fingerprint density at radius 1 is 1.16 bits per heavy atom. The minimum atomic E-state index is 0.754. The van der Waals surface area contributed by atoms with Crippen LogP contribution in [0.2, 0.25) is 0 Å². The number of nitrogens with zero attached hydrogens (tertiary/aromatic N) is 2. The second-order valence-corrected chi connectivity index (χ2v) is 7.08. The SMILES string of the molecule is CN=C(NCCCOCCc1ccccc1)NCc1sc(C)nc1C. The Kier molecular flexibility index (Phi) is 8.42. The highest BCUT2D eigenvalue weighted by atomic mass is 32.1.